The van der Waals surface area contributed by atoms with E-state index in [0.717, 1.165) is 75.6 Å². The quantitative estimate of drug-likeness (QED) is 0.703. The Morgan fingerprint density at radius 1 is 1.07 bits per heavy atom. The molecule has 0 bridgehead atoms. The van der Waals surface area contributed by atoms with E-state index in [9.17, 15) is 4.79 Å². The van der Waals surface area contributed by atoms with E-state index in [0.29, 0.717) is 5.92 Å². The van der Waals surface area contributed by atoms with Gasteiger partial charge in [-0.3, -0.25) is 14.7 Å². The van der Waals surface area contributed by atoms with Crippen molar-refractivity contribution in [1.29, 1.82) is 0 Å². The van der Waals surface area contributed by atoms with Gasteiger partial charge in [0, 0.05) is 57.5 Å². The molecule has 0 saturated carbocycles. The monoisotopic (exact) mass is 409 g/mol. The van der Waals surface area contributed by atoms with Gasteiger partial charge in [-0.25, -0.2) is 0 Å². The second kappa shape index (κ2) is 10.0. The lowest BCUT2D eigenvalue weighted by molar-refractivity contribution is 0.0775. The number of carbonyl (C=O) groups excluding carboxylic acids is 1. The normalized spacial score (nSPS) is 20.4. The van der Waals surface area contributed by atoms with Gasteiger partial charge in [-0.2, -0.15) is 0 Å². The number of hydrogen-bond acceptors (Lipinski definition) is 5. The van der Waals surface area contributed by atoms with E-state index >= 15 is 0 Å². The fraction of sp³-hybridized carbons (Fsp3) is 0.500. The van der Waals surface area contributed by atoms with E-state index in [1.807, 2.05) is 47.5 Å². The first-order chi connectivity index (χ1) is 14.7. The molecule has 2 aliphatic heterocycles. The van der Waals surface area contributed by atoms with Crippen LogP contribution in [0.25, 0.3) is 0 Å². The molecule has 1 amide bonds. The number of carbonyl (C=O) groups is 1. The van der Waals surface area contributed by atoms with Gasteiger partial charge in [0.05, 0.1) is 12.3 Å². The Morgan fingerprint density at radius 3 is 2.57 bits per heavy atom. The zero-order valence-corrected chi connectivity index (χ0v) is 17.7. The van der Waals surface area contributed by atoms with Gasteiger partial charge in [0.2, 0.25) is 0 Å². The van der Waals surface area contributed by atoms with Crippen LogP contribution in [0.5, 0.6) is 5.75 Å². The van der Waals surface area contributed by atoms with Gasteiger partial charge in [-0.05, 0) is 55.7 Å². The molecule has 0 aliphatic carbocycles. The standard InChI is InChI=1S/C24H31N3O3/c1-29-18-19-9-15-27(16-19)24(28)20-5-7-22(8-6-20)30-23-10-13-26(14-11-23)17-21-4-2-3-12-25-21/h2-8,12,19,23H,9-11,13-18H2,1H3/t19-/m0/s1. The number of nitrogens with zero attached hydrogens (tertiary/aromatic N) is 3. The Labute approximate surface area is 178 Å². The third kappa shape index (κ3) is 5.37. The number of aromatic nitrogens is 1. The summed E-state index contributed by atoms with van der Waals surface area (Å²) >= 11 is 0. The molecule has 2 saturated heterocycles. The van der Waals surface area contributed by atoms with Crippen LogP contribution in [0, 0.1) is 5.92 Å². The lowest BCUT2D eigenvalue weighted by Gasteiger charge is -2.31. The largest absolute Gasteiger partial charge is 0.490 e. The van der Waals surface area contributed by atoms with Crippen LogP contribution in [0.2, 0.25) is 0 Å². The summed E-state index contributed by atoms with van der Waals surface area (Å²) in [6.07, 6.45) is 5.09. The Balaban J connectivity index is 1.24. The number of ether oxygens (including phenoxy) is 2. The number of piperidine rings is 1. The zero-order valence-electron chi connectivity index (χ0n) is 17.7. The first kappa shape index (κ1) is 20.8. The summed E-state index contributed by atoms with van der Waals surface area (Å²) in [5.41, 5.74) is 1.84. The molecule has 2 fully saturated rings. The summed E-state index contributed by atoms with van der Waals surface area (Å²) in [4.78, 5) is 21.5. The third-order valence-electron chi connectivity index (χ3n) is 6.03. The maximum Gasteiger partial charge on any atom is 0.253 e. The molecule has 2 aliphatic rings. The van der Waals surface area contributed by atoms with Gasteiger partial charge in [0.25, 0.3) is 5.91 Å². The van der Waals surface area contributed by atoms with Crippen molar-refractivity contribution in [2.45, 2.75) is 31.9 Å². The molecular weight excluding hydrogens is 378 g/mol. The first-order valence-corrected chi connectivity index (χ1v) is 10.9. The minimum absolute atomic E-state index is 0.1000. The number of rotatable bonds is 7. The summed E-state index contributed by atoms with van der Waals surface area (Å²) in [6, 6.07) is 13.7. The molecule has 0 N–H and O–H groups in total. The molecule has 30 heavy (non-hydrogen) atoms. The molecular formula is C24H31N3O3. The van der Waals surface area contributed by atoms with Gasteiger partial charge in [-0.15, -0.1) is 0 Å². The maximum absolute atomic E-state index is 12.7. The number of hydrogen-bond donors (Lipinski definition) is 0. The van der Waals surface area contributed by atoms with E-state index in [2.05, 4.69) is 16.0 Å². The predicted molar refractivity (Wildman–Crippen MR) is 115 cm³/mol. The Kier molecular flexibility index (Phi) is 6.97. The molecule has 6 heteroatoms. The van der Waals surface area contributed by atoms with Crippen LogP contribution >= 0.6 is 0 Å². The van der Waals surface area contributed by atoms with Gasteiger partial charge in [0.15, 0.2) is 0 Å². The van der Waals surface area contributed by atoms with Crippen molar-refractivity contribution >= 4 is 5.91 Å². The number of amides is 1. The molecule has 0 spiro atoms. The Hall–Kier alpha value is -2.44. The Bertz CT molecular complexity index is 804. The minimum atomic E-state index is 0.1000. The highest BCUT2D eigenvalue weighted by molar-refractivity contribution is 5.94. The summed E-state index contributed by atoms with van der Waals surface area (Å²) in [6.45, 7) is 5.22. The van der Waals surface area contributed by atoms with E-state index < -0.39 is 0 Å². The molecule has 3 heterocycles. The van der Waals surface area contributed by atoms with Crippen LogP contribution in [-0.4, -0.2) is 66.7 Å². The lowest BCUT2D eigenvalue weighted by Crippen LogP contribution is -2.37. The molecule has 4 rings (SSSR count). The van der Waals surface area contributed by atoms with Crippen LogP contribution in [0.4, 0.5) is 0 Å². The Morgan fingerprint density at radius 2 is 1.87 bits per heavy atom. The van der Waals surface area contributed by atoms with Gasteiger partial charge < -0.3 is 14.4 Å². The number of methoxy groups -OCH3 is 1. The minimum Gasteiger partial charge on any atom is -0.490 e. The van der Waals surface area contributed by atoms with E-state index in [4.69, 9.17) is 9.47 Å². The molecule has 0 radical (unpaired) electrons. The molecule has 0 unspecified atom stereocenters. The number of pyridine rings is 1. The fourth-order valence-corrected chi connectivity index (χ4v) is 4.35. The highest BCUT2D eigenvalue weighted by atomic mass is 16.5. The number of benzene rings is 1. The van der Waals surface area contributed by atoms with E-state index in [-0.39, 0.29) is 12.0 Å². The lowest BCUT2D eigenvalue weighted by atomic mass is 10.1. The first-order valence-electron chi connectivity index (χ1n) is 10.9. The van der Waals surface area contributed by atoms with Gasteiger partial charge in [0.1, 0.15) is 11.9 Å². The molecule has 6 nitrogen and oxygen atoms in total. The summed E-state index contributed by atoms with van der Waals surface area (Å²) < 4.78 is 11.4. The summed E-state index contributed by atoms with van der Waals surface area (Å²) in [5, 5.41) is 0. The van der Waals surface area contributed by atoms with E-state index in [1.54, 1.807) is 7.11 Å². The van der Waals surface area contributed by atoms with E-state index in [1.165, 1.54) is 0 Å². The number of likely N-dealkylation sites (tertiary alicyclic amines) is 2. The summed E-state index contributed by atoms with van der Waals surface area (Å²) in [5.74, 6) is 1.39. The van der Waals surface area contributed by atoms with Crippen molar-refractivity contribution in [3.8, 4) is 5.75 Å². The van der Waals surface area contributed by atoms with Crippen molar-refractivity contribution in [2.24, 2.45) is 5.92 Å². The maximum atomic E-state index is 12.7. The van der Waals surface area contributed by atoms with Crippen molar-refractivity contribution < 1.29 is 14.3 Å². The van der Waals surface area contributed by atoms with Gasteiger partial charge in [-0.1, -0.05) is 6.07 Å². The van der Waals surface area contributed by atoms with Gasteiger partial charge >= 0.3 is 0 Å². The van der Waals surface area contributed by atoms with Crippen molar-refractivity contribution in [3.05, 3.63) is 59.9 Å². The average molecular weight is 410 g/mol. The smallest absolute Gasteiger partial charge is 0.253 e. The molecule has 160 valence electrons. The average Bonchev–Trinajstić information content (AvgIpc) is 3.25. The SMILES string of the molecule is COC[C@H]1CCN(C(=O)c2ccc(OC3CCN(Cc4ccccn4)CC3)cc2)C1. The van der Waals surface area contributed by atoms with Crippen LogP contribution in [-0.2, 0) is 11.3 Å². The van der Waals surface area contributed by atoms with Crippen LogP contribution in [0.15, 0.2) is 48.7 Å². The van der Waals surface area contributed by atoms with Crippen molar-refractivity contribution in [3.63, 3.8) is 0 Å². The van der Waals surface area contributed by atoms with Crippen molar-refractivity contribution in [1.82, 2.24) is 14.8 Å². The molecule has 1 aromatic heterocycles. The predicted octanol–water partition coefficient (Wildman–Crippen LogP) is 3.23. The molecule has 1 aromatic carbocycles. The molecule has 2 aromatic rings. The summed E-state index contributed by atoms with van der Waals surface area (Å²) in [7, 11) is 1.72. The highest BCUT2D eigenvalue weighted by Gasteiger charge is 2.27. The van der Waals surface area contributed by atoms with Crippen LogP contribution in [0.3, 0.4) is 0 Å². The third-order valence-corrected chi connectivity index (χ3v) is 6.03. The van der Waals surface area contributed by atoms with Crippen LogP contribution in [0.1, 0.15) is 35.3 Å². The fourth-order valence-electron chi connectivity index (χ4n) is 4.35. The van der Waals surface area contributed by atoms with Crippen LogP contribution < -0.4 is 4.74 Å². The topological polar surface area (TPSA) is 54.9 Å². The van der Waals surface area contributed by atoms with Crippen molar-refractivity contribution in [2.75, 3.05) is 39.9 Å². The highest BCUT2D eigenvalue weighted by Crippen LogP contribution is 2.23. The second-order valence-electron chi connectivity index (χ2n) is 8.30. The molecule has 1 atom stereocenters. The zero-order chi connectivity index (χ0) is 20.8. The second-order valence-corrected chi connectivity index (χ2v) is 8.30.